The quantitative estimate of drug-likeness (QED) is 0.163. The first kappa shape index (κ1) is 36.1. The van der Waals surface area contributed by atoms with Gasteiger partial charge in [-0.2, -0.15) is 0 Å². The Bertz CT molecular complexity index is 1760. The van der Waals surface area contributed by atoms with E-state index in [4.69, 9.17) is 9.47 Å². The highest BCUT2D eigenvalue weighted by Crippen LogP contribution is 2.67. The number of ether oxygens (including phenoxy) is 2. The lowest BCUT2D eigenvalue weighted by Crippen LogP contribution is -2.55. The molecule has 0 bridgehead atoms. The highest BCUT2D eigenvalue weighted by molar-refractivity contribution is 6.10. The van der Waals surface area contributed by atoms with E-state index >= 15 is 0 Å². The lowest BCUT2D eigenvalue weighted by Gasteiger charge is -2.61. The molecule has 0 unspecified atom stereocenters. The van der Waals surface area contributed by atoms with Crippen LogP contribution in [-0.2, 0) is 22.4 Å². The number of amides is 1. The van der Waals surface area contributed by atoms with Crippen LogP contribution in [0.5, 0.6) is 0 Å². The van der Waals surface area contributed by atoms with Gasteiger partial charge in [0.2, 0.25) is 5.92 Å². The van der Waals surface area contributed by atoms with Crippen LogP contribution in [0.4, 0.5) is 13.2 Å². The molecule has 282 valence electrons. The second-order valence-electron chi connectivity index (χ2n) is 17.3. The van der Waals surface area contributed by atoms with Gasteiger partial charge in [0.25, 0.3) is 5.91 Å². The number of alkyl halides is 2. The summed E-state index contributed by atoms with van der Waals surface area (Å²) in [5.74, 6) is -0.973. The van der Waals surface area contributed by atoms with Crippen molar-refractivity contribution in [2.24, 2.45) is 34.5 Å². The maximum atomic E-state index is 14.3. The molecule has 4 fully saturated rings. The largest absolute Gasteiger partial charge is 0.381 e. The van der Waals surface area contributed by atoms with E-state index in [0.29, 0.717) is 67.5 Å². The van der Waals surface area contributed by atoms with Gasteiger partial charge < -0.3 is 25.1 Å². The molecule has 2 heterocycles. The minimum Gasteiger partial charge on any atom is -0.381 e. The first-order chi connectivity index (χ1) is 25.1. The Hall–Kier alpha value is -2.88. The summed E-state index contributed by atoms with van der Waals surface area (Å²) in [5, 5.41) is 7.22. The molecule has 1 aliphatic heterocycles. The van der Waals surface area contributed by atoms with Crippen LogP contribution in [0.15, 0.2) is 36.4 Å². The number of hydrogen-bond donors (Lipinski definition) is 3. The number of H-pyrrole nitrogens is 1. The van der Waals surface area contributed by atoms with Crippen molar-refractivity contribution in [3.63, 3.8) is 0 Å². The second-order valence-corrected chi connectivity index (χ2v) is 17.3. The van der Waals surface area contributed by atoms with Gasteiger partial charge in [-0.3, -0.25) is 4.79 Å². The monoisotopic (exact) mass is 719 g/mol. The minimum atomic E-state index is -2.46. The number of aromatic nitrogens is 1. The normalized spacial score (nSPS) is 32.2. The van der Waals surface area contributed by atoms with Crippen LogP contribution < -0.4 is 10.6 Å². The zero-order chi connectivity index (χ0) is 36.1. The van der Waals surface area contributed by atoms with Gasteiger partial charge in [-0.05, 0) is 134 Å². The number of benzene rings is 2. The summed E-state index contributed by atoms with van der Waals surface area (Å²) in [5.41, 5.74) is 5.56. The molecule has 3 aromatic rings. The van der Waals surface area contributed by atoms with Gasteiger partial charge in [0.05, 0.1) is 11.7 Å². The Labute approximate surface area is 306 Å². The third-order valence-electron chi connectivity index (χ3n) is 14.4. The summed E-state index contributed by atoms with van der Waals surface area (Å²) in [6, 6.07) is 11.2. The van der Waals surface area contributed by atoms with Crippen LogP contribution in [0.1, 0.15) is 106 Å². The second kappa shape index (κ2) is 14.4. The number of hydrogen-bond acceptors (Lipinski definition) is 4. The van der Waals surface area contributed by atoms with Crippen molar-refractivity contribution in [2.75, 3.05) is 32.9 Å². The maximum Gasteiger partial charge on any atom is 0.252 e. The molecule has 1 amide bonds. The first-order valence-corrected chi connectivity index (χ1v) is 20.1. The fourth-order valence-electron chi connectivity index (χ4n) is 11.6. The maximum absolute atomic E-state index is 14.3. The highest BCUT2D eigenvalue weighted by atomic mass is 19.3. The number of halogens is 3. The molecule has 3 N–H and O–H groups in total. The van der Waals surface area contributed by atoms with Crippen molar-refractivity contribution in [3.05, 3.63) is 58.9 Å². The number of rotatable bonds is 12. The molecule has 5 aliphatic rings. The fourth-order valence-corrected chi connectivity index (χ4v) is 11.6. The lowest BCUT2D eigenvalue weighted by atomic mass is 9.45. The molecule has 7 atom stereocenters. The van der Waals surface area contributed by atoms with Crippen molar-refractivity contribution < 1.29 is 27.4 Å². The number of aromatic amines is 1. The van der Waals surface area contributed by atoms with Crippen molar-refractivity contribution in [3.8, 4) is 11.3 Å². The third kappa shape index (κ3) is 6.72. The Balaban J connectivity index is 0.731. The smallest absolute Gasteiger partial charge is 0.252 e. The molecule has 4 saturated carbocycles. The van der Waals surface area contributed by atoms with E-state index in [9.17, 15) is 18.0 Å². The average molecular weight is 720 g/mol. The zero-order valence-corrected chi connectivity index (χ0v) is 30.9. The standard InChI is InChI=1S/C43H56F3N3O3/c1-41-16-17-43(45,46)25-29(41)9-10-31-34-11-12-37(42(34,2)15-13-35(31)41)52-22-4-21-51-20-3-18-47-26-27-5-7-28(8-6-27)39-32-14-19-48-40(50)33-23-30(44)24-36(49-39)38(32)33/h5-8,23-24,29,31,34-35,37,47,49H,3-4,9-22,25-26H2,1-2H3,(H,48,50)/t29-,31-,34-,35-,37-,41-,42-/m0/s1. The Kier molecular flexibility index (Phi) is 10.0. The van der Waals surface area contributed by atoms with Crippen LogP contribution in [0.2, 0.25) is 0 Å². The molecule has 52 heavy (non-hydrogen) atoms. The third-order valence-corrected chi connectivity index (χ3v) is 14.4. The molecular formula is C43H56F3N3O3. The van der Waals surface area contributed by atoms with Crippen LogP contribution in [0.3, 0.4) is 0 Å². The average Bonchev–Trinajstić information content (AvgIpc) is 3.60. The van der Waals surface area contributed by atoms with Crippen LogP contribution in [0, 0.1) is 40.3 Å². The van der Waals surface area contributed by atoms with E-state index in [0.717, 1.165) is 74.0 Å². The summed E-state index contributed by atoms with van der Waals surface area (Å²) >= 11 is 0. The van der Waals surface area contributed by atoms with Crippen molar-refractivity contribution in [2.45, 2.75) is 109 Å². The van der Waals surface area contributed by atoms with Crippen molar-refractivity contribution in [1.82, 2.24) is 15.6 Å². The molecule has 2 aromatic carbocycles. The number of nitrogens with one attached hydrogen (secondary N) is 3. The highest BCUT2D eigenvalue weighted by Gasteiger charge is 2.62. The molecule has 9 heteroatoms. The van der Waals surface area contributed by atoms with Crippen LogP contribution in [0.25, 0.3) is 22.2 Å². The van der Waals surface area contributed by atoms with E-state index in [-0.39, 0.29) is 35.5 Å². The van der Waals surface area contributed by atoms with Crippen LogP contribution >= 0.6 is 0 Å². The topological polar surface area (TPSA) is 75.4 Å². The molecule has 6 nitrogen and oxygen atoms in total. The Morgan fingerprint density at radius 1 is 0.904 bits per heavy atom. The molecule has 1 aromatic heterocycles. The van der Waals surface area contributed by atoms with E-state index < -0.39 is 11.7 Å². The number of carbonyl (C=O) groups excluding carboxylic acids is 1. The predicted molar refractivity (Wildman–Crippen MR) is 198 cm³/mol. The molecule has 0 spiro atoms. The van der Waals surface area contributed by atoms with Gasteiger partial charge in [-0.1, -0.05) is 38.1 Å². The summed E-state index contributed by atoms with van der Waals surface area (Å²) < 4.78 is 55.4. The number of carbonyl (C=O) groups is 1. The van der Waals surface area contributed by atoms with Crippen molar-refractivity contribution in [1.29, 1.82) is 0 Å². The van der Waals surface area contributed by atoms with Gasteiger partial charge in [0.15, 0.2) is 0 Å². The number of fused-ring (bicyclic) bond motifs is 5. The van der Waals surface area contributed by atoms with Gasteiger partial charge in [-0.25, -0.2) is 13.2 Å². The zero-order valence-electron chi connectivity index (χ0n) is 30.9. The van der Waals surface area contributed by atoms with Gasteiger partial charge in [-0.15, -0.1) is 0 Å². The predicted octanol–water partition coefficient (Wildman–Crippen LogP) is 9.21. The molecule has 8 rings (SSSR count). The summed E-state index contributed by atoms with van der Waals surface area (Å²) in [6.07, 6.45) is 10.5. The van der Waals surface area contributed by atoms with Crippen LogP contribution in [-0.4, -0.2) is 55.8 Å². The van der Waals surface area contributed by atoms with Gasteiger partial charge in [0, 0.05) is 62.3 Å². The Morgan fingerprint density at radius 2 is 1.71 bits per heavy atom. The molecule has 0 radical (unpaired) electrons. The summed E-state index contributed by atoms with van der Waals surface area (Å²) in [7, 11) is 0. The summed E-state index contributed by atoms with van der Waals surface area (Å²) in [4.78, 5) is 15.9. The van der Waals surface area contributed by atoms with E-state index in [1.54, 1.807) is 0 Å². The molecular weight excluding hydrogens is 663 g/mol. The van der Waals surface area contributed by atoms with E-state index in [2.05, 4.69) is 53.7 Å². The van der Waals surface area contributed by atoms with Crippen molar-refractivity contribution >= 4 is 16.8 Å². The van der Waals surface area contributed by atoms with Gasteiger partial charge >= 0.3 is 0 Å². The molecule has 0 saturated heterocycles. The van der Waals surface area contributed by atoms with E-state index in [1.165, 1.54) is 37.0 Å². The first-order valence-electron chi connectivity index (χ1n) is 20.1. The lowest BCUT2D eigenvalue weighted by molar-refractivity contribution is -0.169. The fraction of sp³-hybridized carbons (Fsp3) is 0.651. The Morgan fingerprint density at radius 3 is 2.56 bits per heavy atom. The van der Waals surface area contributed by atoms with Gasteiger partial charge in [0.1, 0.15) is 5.82 Å². The summed E-state index contributed by atoms with van der Waals surface area (Å²) in [6.45, 7) is 9.13. The SMILES string of the molecule is C[C@]12CCC(F)(F)C[C@@H]1CC[C@@H]1[C@@H]2CC[C@]2(C)[C@@H](OCCCOCCCNCc3ccc(-c4[nH]c5cc(F)cc6c5c4CCNC6=O)cc3)CC[C@@H]12. The minimum absolute atomic E-state index is 0.0794. The molecule has 4 aliphatic carbocycles. The van der Waals surface area contributed by atoms with E-state index in [1.807, 2.05) is 0 Å².